The highest BCUT2D eigenvalue weighted by atomic mass is 16.5. The van der Waals surface area contributed by atoms with Gasteiger partial charge in [-0.25, -0.2) is 9.59 Å². The van der Waals surface area contributed by atoms with Crippen molar-refractivity contribution >= 4 is 11.9 Å². The largest absolute Gasteiger partial charge is 0.462 e. The molecule has 0 fully saturated rings. The molecular weight excluding hydrogens is 352 g/mol. The summed E-state index contributed by atoms with van der Waals surface area (Å²) in [5, 5.41) is 0. The number of hydrogen-bond acceptors (Lipinski definition) is 4. The van der Waals surface area contributed by atoms with Crippen LogP contribution in [0.2, 0.25) is 0 Å². The summed E-state index contributed by atoms with van der Waals surface area (Å²) in [5.41, 5.74) is 2.85. The average molecular weight is 389 g/mol. The first-order valence-corrected chi connectivity index (χ1v) is 11.2. The number of fused-ring (bicyclic) bond motifs is 2. The van der Waals surface area contributed by atoms with E-state index < -0.39 is 11.9 Å². The van der Waals surface area contributed by atoms with Crippen LogP contribution in [0, 0.1) is 0 Å². The summed E-state index contributed by atoms with van der Waals surface area (Å²) in [4.78, 5) is 25.3. The zero-order chi connectivity index (χ0) is 20.2. The Labute approximate surface area is 170 Å². The molecule has 156 valence electrons. The van der Waals surface area contributed by atoms with Gasteiger partial charge in [0.2, 0.25) is 0 Å². The van der Waals surface area contributed by atoms with Gasteiger partial charge in [0.05, 0.1) is 24.3 Å². The third-order valence-corrected chi connectivity index (χ3v) is 5.42. The van der Waals surface area contributed by atoms with E-state index in [0.29, 0.717) is 24.3 Å². The molecule has 2 bridgehead atoms. The molecule has 4 nitrogen and oxygen atoms in total. The Morgan fingerprint density at radius 3 is 1.79 bits per heavy atom. The Balaban J connectivity index is 2.36. The quantitative estimate of drug-likeness (QED) is 0.590. The smallest absolute Gasteiger partial charge is 0.339 e. The third kappa shape index (κ3) is 6.96. The highest BCUT2D eigenvalue weighted by Crippen LogP contribution is 2.25. The van der Waals surface area contributed by atoms with E-state index in [-0.39, 0.29) is 0 Å². The van der Waals surface area contributed by atoms with Crippen molar-refractivity contribution in [3.8, 4) is 0 Å². The zero-order valence-electron chi connectivity index (χ0n) is 17.7. The Kier molecular flexibility index (Phi) is 10.1. The van der Waals surface area contributed by atoms with Gasteiger partial charge in [-0.1, -0.05) is 57.4 Å². The molecule has 0 heterocycles. The Morgan fingerprint density at radius 1 is 0.714 bits per heavy atom. The third-order valence-electron chi connectivity index (χ3n) is 5.42. The van der Waals surface area contributed by atoms with Crippen LogP contribution in [0.1, 0.15) is 110 Å². The number of benzene rings is 1. The summed E-state index contributed by atoms with van der Waals surface area (Å²) in [5.74, 6) is -0.836. The van der Waals surface area contributed by atoms with Crippen LogP contribution in [-0.4, -0.2) is 25.2 Å². The summed E-state index contributed by atoms with van der Waals surface area (Å²) in [6.45, 7) is 4.16. The van der Waals surface area contributed by atoms with Gasteiger partial charge in [0.15, 0.2) is 0 Å². The van der Waals surface area contributed by atoms with Crippen molar-refractivity contribution in [1.29, 1.82) is 0 Å². The number of carbonyl (C=O) groups excluding carboxylic acids is 2. The molecule has 2 rings (SSSR count). The maximum atomic E-state index is 12.7. The molecule has 28 heavy (non-hydrogen) atoms. The molecule has 1 aliphatic carbocycles. The molecular formula is C24H36O4. The van der Waals surface area contributed by atoms with Gasteiger partial charge in [0, 0.05) is 0 Å². The van der Waals surface area contributed by atoms with E-state index in [1.807, 2.05) is 6.07 Å². The van der Waals surface area contributed by atoms with Crippen molar-refractivity contribution < 1.29 is 19.1 Å². The van der Waals surface area contributed by atoms with Gasteiger partial charge < -0.3 is 9.47 Å². The molecule has 0 saturated carbocycles. The highest BCUT2D eigenvalue weighted by molar-refractivity contribution is 6.04. The van der Waals surface area contributed by atoms with E-state index in [1.165, 1.54) is 44.9 Å². The van der Waals surface area contributed by atoms with Crippen LogP contribution in [0.5, 0.6) is 0 Å². The number of ether oxygens (including phenoxy) is 2. The van der Waals surface area contributed by atoms with E-state index in [0.717, 1.165) is 43.2 Å². The lowest BCUT2D eigenvalue weighted by molar-refractivity contribution is 0.0477. The standard InChI is InChI=1S/C24H36O4/c1-3-27-23(25)21-18-19-15-13-11-9-7-5-6-8-10-12-14-16-20(17-19)22(21)24(26)28-4-2/h17-18H,3-16H2,1-2H3. The van der Waals surface area contributed by atoms with E-state index in [1.54, 1.807) is 13.8 Å². The predicted octanol–water partition coefficient (Wildman–Crippen LogP) is 6.04. The second-order valence-electron chi connectivity index (χ2n) is 7.65. The van der Waals surface area contributed by atoms with E-state index in [2.05, 4.69) is 6.07 Å². The fraction of sp³-hybridized carbons (Fsp3) is 0.667. The van der Waals surface area contributed by atoms with E-state index in [9.17, 15) is 9.59 Å². The van der Waals surface area contributed by atoms with Gasteiger partial charge in [0.25, 0.3) is 0 Å². The molecule has 0 N–H and O–H groups in total. The van der Waals surface area contributed by atoms with Gasteiger partial charge in [-0.3, -0.25) is 0 Å². The number of rotatable bonds is 4. The first-order valence-electron chi connectivity index (χ1n) is 11.2. The van der Waals surface area contributed by atoms with Crippen LogP contribution in [0.15, 0.2) is 12.1 Å². The topological polar surface area (TPSA) is 52.6 Å². The second-order valence-corrected chi connectivity index (χ2v) is 7.65. The van der Waals surface area contributed by atoms with E-state index in [4.69, 9.17) is 9.47 Å². The van der Waals surface area contributed by atoms with Gasteiger partial charge in [0.1, 0.15) is 0 Å². The second kappa shape index (κ2) is 12.6. The highest BCUT2D eigenvalue weighted by Gasteiger charge is 2.24. The van der Waals surface area contributed by atoms with Crippen molar-refractivity contribution in [2.24, 2.45) is 0 Å². The van der Waals surface area contributed by atoms with Crippen molar-refractivity contribution in [2.75, 3.05) is 13.2 Å². The number of aryl methyl sites for hydroxylation is 2. The molecule has 0 spiro atoms. The molecule has 0 atom stereocenters. The van der Waals surface area contributed by atoms with Crippen molar-refractivity contribution in [3.63, 3.8) is 0 Å². The van der Waals surface area contributed by atoms with Crippen LogP contribution in [-0.2, 0) is 22.3 Å². The minimum Gasteiger partial charge on any atom is -0.462 e. The van der Waals surface area contributed by atoms with Crippen LogP contribution in [0.3, 0.4) is 0 Å². The van der Waals surface area contributed by atoms with Crippen LogP contribution in [0.4, 0.5) is 0 Å². The maximum Gasteiger partial charge on any atom is 0.339 e. The summed E-state index contributed by atoms with van der Waals surface area (Å²) in [7, 11) is 0. The van der Waals surface area contributed by atoms with Crippen LogP contribution >= 0.6 is 0 Å². The van der Waals surface area contributed by atoms with Gasteiger partial charge >= 0.3 is 11.9 Å². The SMILES string of the molecule is CCOC(=O)c1cc2cc(c1C(=O)OCC)CCCCCCCCCCCC2. The van der Waals surface area contributed by atoms with Crippen LogP contribution in [0.25, 0.3) is 0 Å². The fourth-order valence-electron chi connectivity index (χ4n) is 3.98. The number of esters is 2. The molecule has 0 saturated heterocycles. The summed E-state index contributed by atoms with van der Waals surface area (Å²) < 4.78 is 10.5. The monoisotopic (exact) mass is 388 g/mol. The minimum absolute atomic E-state index is 0.292. The first-order chi connectivity index (χ1) is 13.7. The summed E-state index contributed by atoms with van der Waals surface area (Å²) >= 11 is 0. The Morgan fingerprint density at radius 2 is 1.21 bits per heavy atom. The van der Waals surface area contributed by atoms with Gasteiger partial charge in [-0.05, 0) is 56.7 Å². The lowest BCUT2D eigenvalue weighted by Crippen LogP contribution is -2.17. The fourth-order valence-corrected chi connectivity index (χ4v) is 3.98. The first kappa shape index (κ1) is 22.4. The zero-order valence-corrected chi connectivity index (χ0v) is 17.7. The normalized spacial score (nSPS) is 16.5. The van der Waals surface area contributed by atoms with E-state index >= 15 is 0 Å². The Hall–Kier alpha value is -1.84. The predicted molar refractivity (Wildman–Crippen MR) is 112 cm³/mol. The van der Waals surface area contributed by atoms with Gasteiger partial charge in [-0.15, -0.1) is 0 Å². The van der Waals surface area contributed by atoms with Gasteiger partial charge in [-0.2, -0.15) is 0 Å². The molecule has 4 heteroatoms. The number of carbonyl (C=O) groups is 2. The van der Waals surface area contributed by atoms with Crippen LogP contribution < -0.4 is 0 Å². The molecule has 1 aliphatic rings. The van der Waals surface area contributed by atoms with Crippen molar-refractivity contribution in [1.82, 2.24) is 0 Å². The molecule has 1 aromatic rings. The molecule has 1 aromatic carbocycles. The molecule has 0 aliphatic heterocycles. The van der Waals surface area contributed by atoms with Crippen molar-refractivity contribution in [2.45, 2.75) is 90.9 Å². The molecule has 0 aromatic heterocycles. The lowest BCUT2D eigenvalue weighted by atomic mass is 9.92. The molecule has 0 radical (unpaired) electrons. The molecule has 0 unspecified atom stereocenters. The summed E-state index contributed by atoms with van der Waals surface area (Å²) in [6, 6.07) is 3.97. The Bertz CT molecular complexity index is 636. The minimum atomic E-state index is -0.424. The maximum absolute atomic E-state index is 12.7. The lowest BCUT2D eigenvalue weighted by Gasteiger charge is -2.16. The summed E-state index contributed by atoms with van der Waals surface area (Å²) in [6.07, 6.45) is 14.0. The van der Waals surface area contributed by atoms with Crippen molar-refractivity contribution in [3.05, 3.63) is 34.4 Å². The average Bonchev–Trinajstić information content (AvgIpc) is 2.68. The molecule has 0 amide bonds. The number of hydrogen-bond donors (Lipinski definition) is 0.